The Kier molecular flexibility index (Phi) is 5.67. The molecule has 0 radical (unpaired) electrons. The van der Waals surface area contributed by atoms with Crippen LogP contribution in [0.15, 0.2) is 41.0 Å². The van der Waals surface area contributed by atoms with Crippen molar-refractivity contribution in [3.05, 3.63) is 41.9 Å². The number of aromatic amines is 1. The van der Waals surface area contributed by atoms with Crippen LogP contribution in [0.2, 0.25) is 0 Å². The molecule has 6 N–H and O–H groups in total. The molecule has 0 saturated heterocycles. The summed E-state index contributed by atoms with van der Waals surface area (Å²) in [5.74, 6) is 0.378. The van der Waals surface area contributed by atoms with Gasteiger partial charge in [0.25, 0.3) is 5.91 Å². The Balaban J connectivity index is 1.67. The van der Waals surface area contributed by atoms with Gasteiger partial charge in [-0.25, -0.2) is 4.98 Å². The van der Waals surface area contributed by atoms with Crippen molar-refractivity contribution < 1.29 is 4.79 Å². The van der Waals surface area contributed by atoms with Gasteiger partial charge in [-0.3, -0.25) is 9.79 Å². The van der Waals surface area contributed by atoms with Crippen LogP contribution >= 0.6 is 0 Å². The van der Waals surface area contributed by atoms with Gasteiger partial charge in [0.2, 0.25) is 0 Å². The van der Waals surface area contributed by atoms with E-state index in [1.807, 2.05) is 24.3 Å². The van der Waals surface area contributed by atoms with Crippen molar-refractivity contribution in [3.63, 3.8) is 0 Å². The van der Waals surface area contributed by atoms with Crippen molar-refractivity contribution in [3.8, 4) is 0 Å². The number of benzene rings is 1. The van der Waals surface area contributed by atoms with E-state index in [0.29, 0.717) is 13.1 Å². The highest BCUT2D eigenvalue weighted by Gasteiger charge is 2.01. The van der Waals surface area contributed by atoms with E-state index in [1.165, 1.54) is 6.21 Å². The minimum atomic E-state index is -0.580. The Labute approximate surface area is 128 Å². The van der Waals surface area contributed by atoms with Crippen LogP contribution in [0.1, 0.15) is 5.82 Å². The summed E-state index contributed by atoms with van der Waals surface area (Å²) in [6.45, 7) is 2.04. The van der Waals surface area contributed by atoms with Crippen LogP contribution in [0.25, 0.3) is 11.0 Å². The minimum absolute atomic E-state index is 0.210. The number of nitrogens with zero attached hydrogens (tertiary/aromatic N) is 2. The predicted molar refractivity (Wildman–Crippen MR) is 87.5 cm³/mol. The first-order valence-corrected chi connectivity index (χ1v) is 7.06. The van der Waals surface area contributed by atoms with Crippen molar-refractivity contribution in [1.82, 2.24) is 15.3 Å². The number of carbonyl (C=O) groups is 1. The molecule has 1 aromatic heterocycles. The molecule has 0 aliphatic heterocycles. The van der Waals surface area contributed by atoms with Crippen molar-refractivity contribution in [2.24, 2.45) is 16.5 Å². The second-order valence-electron chi connectivity index (χ2n) is 4.72. The van der Waals surface area contributed by atoms with Gasteiger partial charge in [0.05, 0.1) is 23.2 Å². The molecule has 0 aliphatic carbocycles. The van der Waals surface area contributed by atoms with Gasteiger partial charge in [-0.2, -0.15) is 0 Å². The van der Waals surface area contributed by atoms with E-state index in [2.05, 4.69) is 20.3 Å². The Morgan fingerprint density at radius 3 is 2.91 bits per heavy atom. The van der Waals surface area contributed by atoms with Crippen LogP contribution < -0.4 is 16.8 Å². The molecule has 0 spiro atoms. The maximum atomic E-state index is 10.9. The number of H-pyrrole nitrogens is 1. The zero-order valence-electron chi connectivity index (χ0n) is 12.2. The molecule has 2 rings (SSSR count). The zero-order valence-corrected chi connectivity index (χ0v) is 12.2. The number of amides is 1. The highest BCUT2D eigenvalue weighted by molar-refractivity contribution is 6.11. The average molecular weight is 300 g/mol. The molecule has 0 bridgehead atoms. The average Bonchev–Trinajstić information content (AvgIpc) is 2.92. The molecule has 1 amide bonds. The van der Waals surface area contributed by atoms with Gasteiger partial charge in [0.1, 0.15) is 5.82 Å². The molecule has 0 unspecified atom stereocenters. The van der Waals surface area contributed by atoms with Crippen molar-refractivity contribution in [2.75, 3.05) is 19.6 Å². The Bertz CT molecular complexity index is 655. The van der Waals surface area contributed by atoms with Crippen LogP contribution in [0, 0.1) is 0 Å². The first kappa shape index (κ1) is 15.7. The lowest BCUT2D eigenvalue weighted by atomic mass is 10.3. The topological polar surface area (TPSA) is 122 Å². The van der Waals surface area contributed by atoms with E-state index >= 15 is 0 Å². The Morgan fingerprint density at radius 1 is 1.36 bits per heavy atom. The lowest BCUT2D eigenvalue weighted by Crippen LogP contribution is -2.21. The molecule has 7 heteroatoms. The first-order chi connectivity index (χ1) is 10.7. The summed E-state index contributed by atoms with van der Waals surface area (Å²) in [4.78, 5) is 22.7. The highest BCUT2D eigenvalue weighted by Crippen LogP contribution is 2.10. The van der Waals surface area contributed by atoms with Crippen molar-refractivity contribution in [1.29, 1.82) is 0 Å². The molecule has 0 saturated carbocycles. The van der Waals surface area contributed by atoms with Gasteiger partial charge < -0.3 is 21.8 Å². The molecule has 7 nitrogen and oxygen atoms in total. The van der Waals surface area contributed by atoms with Gasteiger partial charge in [0.15, 0.2) is 0 Å². The number of aromatic nitrogens is 2. The van der Waals surface area contributed by atoms with E-state index in [9.17, 15) is 4.79 Å². The van der Waals surface area contributed by atoms with Gasteiger partial charge in [-0.1, -0.05) is 12.1 Å². The fourth-order valence-electron chi connectivity index (χ4n) is 1.95. The molecule has 1 heterocycles. The van der Waals surface area contributed by atoms with E-state index in [1.54, 1.807) is 0 Å². The lowest BCUT2D eigenvalue weighted by molar-refractivity contribution is -0.114. The number of fused-ring (bicyclic) bond motifs is 1. The van der Waals surface area contributed by atoms with Gasteiger partial charge in [-0.15, -0.1) is 0 Å². The summed E-state index contributed by atoms with van der Waals surface area (Å²) in [5.41, 5.74) is 12.6. The van der Waals surface area contributed by atoms with Crippen LogP contribution in [0.5, 0.6) is 0 Å². The molecule has 0 fully saturated rings. The van der Waals surface area contributed by atoms with Crippen LogP contribution in [0.3, 0.4) is 0 Å². The second kappa shape index (κ2) is 7.94. The molecule has 2 aromatic rings. The van der Waals surface area contributed by atoms with Crippen molar-refractivity contribution in [2.45, 2.75) is 6.42 Å². The highest BCUT2D eigenvalue weighted by atomic mass is 16.1. The third kappa shape index (κ3) is 4.42. The van der Waals surface area contributed by atoms with Crippen LogP contribution in [0.4, 0.5) is 0 Å². The number of carbonyl (C=O) groups excluding carboxylic acids is 1. The standard InChI is InChI=1S/C15H20N6O/c16-9-11(15(17)22)10-19-8-7-18-6-5-14-20-12-3-1-2-4-13(12)21-14/h1-4,9-10,18H,5-8,16H2,(H2,17,22)(H,20,21). The van der Waals surface area contributed by atoms with Crippen molar-refractivity contribution >= 4 is 23.2 Å². The number of hydrogen-bond acceptors (Lipinski definition) is 5. The second-order valence-corrected chi connectivity index (χ2v) is 4.72. The molecular weight excluding hydrogens is 280 g/mol. The number of nitrogens with one attached hydrogen (secondary N) is 2. The lowest BCUT2D eigenvalue weighted by Gasteiger charge is -2.00. The number of para-hydroxylation sites is 2. The van der Waals surface area contributed by atoms with Crippen LogP contribution in [-0.2, 0) is 11.2 Å². The molecular formula is C15H20N6O. The minimum Gasteiger partial charge on any atom is -0.404 e. The number of hydrogen-bond donors (Lipinski definition) is 4. The third-order valence-electron chi connectivity index (χ3n) is 3.09. The predicted octanol–water partition coefficient (Wildman–Crippen LogP) is 0.0937. The molecule has 1 aromatic carbocycles. The fourth-order valence-corrected chi connectivity index (χ4v) is 1.95. The van der Waals surface area contributed by atoms with E-state index < -0.39 is 5.91 Å². The summed E-state index contributed by atoms with van der Waals surface area (Å²) >= 11 is 0. The monoisotopic (exact) mass is 300 g/mol. The largest absolute Gasteiger partial charge is 0.404 e. The maximum absolute atomic E-state index is 10.9. The molecule has 116 valence electrons. The number of aliphatic imine (C=N–C) groups is 1. The summed E-state index contributed by atoms with van der Waals surface area (Å²) < 4.78 is 0. The number of rotatable bonds is 8. The molecule has 0 atom stereocenters. The van der Waals surface area contributed by atoms with E-state index in [-0.39, 0.29) is 5.57 Å². The molecule has 0 aliphatic rings. The normalized spacial score (nSPS) is 12.3. The summed E-state index contributed by atoms with van der Waals surface area (Å²) in [5, 5.41) is 3.26. The maximum Gasteiger partial charge on any atom is 0.251 e. The van der Waals surface area contributed by atoms with E-state index in [0.717, 1.165) is 36.0 Å². The Morgan fingerprint density at radius 2 is 2.18 bits per heavy atom. The van der Waals surface area contributed by atoms with Gasteiger partial charge >= 0.3 is 0 Å². The SMILES string of the molecule is NC=C(C=NCCNCCc1nc2ccccc2[nH]1)C(N)=O. The quantitative estimate of drug-likeness (QED) is 0.313. The smallest absolute Gasteiger partial charge is 0.251 e. The number of nitrogens with two attached hydrogens (primary N) is 2. The first-order valence-electron chi connectivity index (χ1n) is 7.06. The molecule has 22 heavy (non-hydrogen) atoms. The summed E-state index contributed by atoms with van der Waals surface area (Å²) in [6, 6.07) is 7.95. The van der Waals surface area contributed by atoms with Gasteiger partial charge in [0, 0.05) is 31.9 Å². The summed E-state index contributed by atoms with van der Waals surface area (Å²) in [7, 11) is 0. The number of primary amides is 1. The third-order valence-corrected chi connectivity index (χ3v) is 3.09. The Hall–Kier alpha value is -2.67. The zero-order chi connectivity index (χ0) is 15.8. The van der Waals surface area contributed by atoms with Crippen LogP contribution in [-0.4, -0.2) is 41.7 Å². The number of imidazole rings is 1. The van der Waals surface area contributed by atoms with Gasteiger partial charge in [-0.05, 0) is 12.1 Å². The van der Waals surface area contributed by atoms with E-state index in [4.69, 9.17) is 11.5 Å². The summed E-state index contributed by atoms with van der Waals surface area (Å²) in [6.07, 6.45) is 3.36. The fraction of sp³-hybridized carbons (Fsp3) is 0.267.